The summed E-state index contributed by atoms with van der Waals surface area (Å²) in [5, 5.41) is 0. The minimum absolute atomic E-state index is 0.310. The summed E-state index contributed by atoms with van der Waals surface area (Å²) in [5.74, 6) is 6.60. The minimum Gasteiger partial charge on any atom is -0.271 e. The zero-order valence-corrected chi connectivity index (χ0v) is 12.5. The fraction of sp³-hybridized carbons (Fsp3) is 0.571. The minimum atomic E-state index is 0.310. The maximum Gasteiger partial charge on any atom is 0.0473 e. The standard InChI is InChI=1S/C14H21IN2/c1-10-5-4-8-12(14(10)15)13(17-16)9-11-6-2-3-7-11/h4-5,8,11,13,17H,2-3,6-7,9,16H2,1H3. The van der Waals surface area contributed by atoms with Crippen LogP contribution >= 0.6 is 22.6 Å². The van der Waals surface area contributed by atoms with Crippen molar-refractivity contribution in [1.29, 1.82) is 0 Å². The van der Waals surface area contributed by atoms with Crippen LogP contribution in [0, 0.1) is 16.4 Å². The van der Waals surface area contributed by atoms with E-state index in [2.05, 4.69) is 53.1 Å². The zero-order valence-electron chi connectivity index (χ0n) is 10.4. The molecular weight excluding hydrogens is 323 g/mol. The molecule has 1 fully saturated rings. The molecule has 94 valence electrons. The summed E-state index contributed by atoms with van der Waals surface area (Å²) in [6.07, 6.45) is 6.72. The number of nitrogens with two attached hydrogens (primary N) is 1. The van der Waals surface area contributed by atoms with Crippen molar-refractivity contribution in [1.82, 2.24) is 5.43 Å². The van der Waals surface area contributed by atoms with E-state index >= 15 is 0 Å². The summed E-state index contributed by atoms with van der Waals surface area (Å²) in [4.78, 5) is 0. The van der Waals surface area contributed by atoms with E-state index in [-0.39, 0.29) is 0 Å². The molecular formula is C14H21IN2. The van der Waals surface area contributed by atoms with Gasteiger partial charge in [0.25, 0.3) is 0 Å². The molecule has 3 N–H and O–H groups in total. The number of nitrogens with one attached hydrogen (secondary N) is 1. The largest absolute Gasteiger partial charge is 0.271 e. The van der Waals surface area contributed by atoms with E-state index in [1.807, 2.05) is 0 Å². The first-order valence-electron chi connectivity index (χ1n) is 6.43. The molecule has 0 spiro atoms. The lowest BCUT2D eigenvalue weighted by molar-refractivity contribution is 0.399. The zero-order chi connectivity index (χ0) is 12.3. The second-order valence-electron chi connectivity index (χ2n) is 5.08. The first kappa shape index (κ1) is 13.3. The van der Waals surface area contributed by atoms with E-state index in [1.165, 1.54) is 46.8 Å². The van der Waals surface area contributed by atoms with Crippen LogP contribution in [0.15, 0.2) is 18.2 Å². The smallest absolute Gasteiger partial charge is 0.0473 e. The van der Waals surface area contributed by atoms with Crippen molar-refractivity contribution in [3.8, 4) is 0 Å². The van der Waals surface area contributed by atoms with Crippen molar-refractivity contribution in [3.05, 3.63) is 32.9 Å². The molecule has 3 heteroatoms. The average Bonchev–Trinajstić information content (AvgIpc) is 2.83. The van der Waals surface area contributed by atoms with Gasteiger partial charge in [-0.3, -0.25) is 11.3 Å². The monoisotopic (exact) mass is 344 g/mol. The predicted molar refractivity (Wildman–Crippen MR) is 80.5 cm³/mol. The quantitative estimate of drug-likeness (QED) is 0.497. The molecule has 0 radical (unpaired) electrons. The van der Waals surface area contributed by atoms with Crippen molar-refractivity contribution in [2.75, 3.05) is 0 Å². The normalized spacial score (nSPS) is 18.5. The van der Waals surface area contributed by atoms with E-state index in [1.54, 1.807) is 0 Å². The molecule has 0 aromatic heterocycles. The number of benzene rings is 1. The Labute approximate surface area is 117 Å². The van der Waals surface area contributed by atoms with Crippen molar-refractivity contribution in [2.45, 2.75) is 45.1 Å². The van der Waals surface area contributed by atoms with E-state index < -0.39 is 0 Å². The molecule has 1 aliphatic carbocycles. The number of aryl methyl sites for hydroxylation is 1. The highest BCUT2D eigenvalue weighted by Gasteiger charge is 2.22. The Morgan fingerprint density at radius 3 is 2.76 bits per heavy atom. The maximum atomic E-state index is 5.75. The van der Waals surface area contributed by atoms with Gasteiger partial charge in [-0.2, -0.15) is 0 Å². The van der Waals surface area contributed by atoms with Crippen LogP contribution in [-0.2, 0) is 0 Å². The Balaban J connectivity index is 2.13. The topological polar surface area (TPSA) is 38.0 Å². The summed E-state index contributed by atoms with van der Waals surface area (Å²) < 4.78 is 1.35. The molecule has 1 unspecified atom stereocenters. The number of hydrazine groups is 1. The second-order valence-corrected chi connectivity index (χ2v) is 6.16. The summed E-state index contributed by atoms with van der Waals surface area (Å²) in [6.45, 7) is 2.16. The van der Waals surface area contributed by atoms with E-state index in [9.17, 15) is 0 Å². The molecule has 0 heterocycles. The Morgan fingerprint density at radius 1 is 1.41 bits per heavy atom. The number of hydrogen-bond acceptors (Lipinski definition) is 2. The third-order valence-corrected chi connectivity index (χ3v) is 5.32. The highest BCUT2D eigenvalue weighted by molar-refractivity contribution is 14.1. The molecule has 0 aliphatic heterocycles. The van der Waals surface area contributed by atoms with Gasteiger partial charge in [0, 0.05) is 9.61 Å². The molecule has 1 atom stereocenters. The van der Waals surface area contributed by atoms with E-state index in [0.29, 0.717) is 6.04 Å². The van der Waals surface area contributed by atoms with Crippen molar-refractivity contribution in [3.63, 3.8) is 0 Å². The average molecular weight is 344 g/mol. The van der Waals surface area contributed by atoms with E-state index in [0.717, 1.165) is 5.92 Å². The van der Waals surface area contributed by atoms with Crippen LogP contribution in [-0.4, -0.2) is 0 Å². The van der Waals surface area contributed by atoms with Gasteiger partial charge >= 0.3 is 0 Å². The predicted octanol–water partition coefficient (Wildman–Crippen LogP) is 3.68. The Morgan fingerprint density at radius 2 is 2.12 bits per heavy atom. The highest BCUT2D eigenvalue weighted by atomic mass is 127. The fourth-order valence-electron chi connectivity index (χ4n) is 2.80. The third-order valence-electron chi connectivity index (χ3n) is 3.84. The summed E-state index contributed by atoms with van der Waals surface area (Å²) in [7, 11) is 0. The first-order valence-corrected chi connectivity index (χ1v) is 7.51. The summed E-state index contributed by atoms with van der Waals surface area (Å²) >= 11 is 2.43. The van der Waals surface area contributed by atoms with Gasteiger partial charge in [-0.15, -0.1) is 0 Å². The van der Waals surface area contributed by atoms with Gasteiger partial charge in [0.15, 0.2) is 0 Å². The molecule has 2 nitrogen and oxygen atoms in total. The summed E-state index contributed by atoms with van der Waals surface area (Å²) in [5.41, 5.74) is 5.71. The molecule has 0 amide bonds. The van der Waals surface area contributed by atoms with Gasteiger partial charge in [0.2, 0.25) is 0 Å². The molecule has 1 aromatic carbocycles. The van der Waals surface area contributed by atoms with Crippen LogP contribution in [0.25, 0.3) is 0 Å². The van der Waals surface area contributed by atoms with Gasteiger partial charge < -0.3 is 0 Å². The van der Waals surface area contributed by atoms with Crippen molar-refractivity contribution >= 4 is 22.6 Å². The van der Waals surface area contributed by atoms with Crippen molar-refractivity contribution < 1.29 is 0 Å². The molecule has 1 aliphatic rings. The Hall–Kier alpha value is -0.130. The molecule has 1 saturated carbocycles. The third kappa shape index (κ3) is 3.20. The van der Waals surface area contributed by atoms with Gasteiger partial charge in [-0.05, 0) is 53.0 Å². The molecule has 0 bridgehead atoms. The molecule has 0 saturated heterocycles. The molecule has 17 heavy (non-hydrogen) atoms. The maximum absolute atomic E-state index is 5.75. The van der Waals surface area contributed by atoms with Crippen LogP contribution in [0.3, 0.4) is 0 Å². The van der Waals surface area contributed by atoms with Crippen LogP contribution < -0.4 is 11.3 Å². The SMILES string of the molecule is Cc1cccc(C(CC2CCCC2)NN)c1I. The highest BCUT2D eigenvalue weighted by Crippen LogP contribution is 2.34. The van der Waals surface area contributed by atoms with Gasteiger partial charge in [0.1, 0.15) is 0 Å². The van der Waals surface area contributed by atoms with Crippen LogP contribution in [0.5, 0.6) is 0 Å². The van der Waals surface area contributed by atoms with Gasteiger partial charge in [-0.1, -0.05) is 43.9 Å². The molecule has 1 aromatic rings. The lowest BCUT2D eigenvalue weighted by atomic mass is 9.93. The summed E-state index contributed by atoms with van der Waals surface area (Å²) in [6, 6.07) is 6.80. The number of halogens is 1. The fourth-order valence-corrected chi connectivity index (χ4v) is 3.54. The van der Waals surface area contributed by atoms with E-state index in [4.69, 9.17) is 5.84 Å². The Kier molecular flexibility index (Phi) is 4.82. The number of hydrogen-bond donors (Lipinski definition) is 2. The van der Waals surface area contributed by atoms with Crippen LogP contribution in [0.4, 0.5) is 0 Å². The van der Waals surface area contributed by atoms with Crippen molar-refractivity contribution in [2.24, 2.45) is 11.8 Å². The lowest BCUT2D eigenvalue weighted by Crippen LogP contribution is -2.30. The second kappa shape index (κ2) is 6.16. The Bertz CT molecular complexity index is 372. The molecule has 2 rings (SSSR count). The lowest BCUT2D eigenvalue weighted by Gasteiger charge is -2.22. The first-order chi connectivity index (χ1) is 8.22. The van der Waals surface area contributed by atoms with Crippen LogP contribution in [0.1, 0.15) is 49.3 Å². The number of rotatable bonds is 4. The van der Waals surface area contributed by atoms with Gasteiger partial charge in [0.05, 0.1) is 0 Å². The van der Waals surface area contributed by atoms with Crippen LogP contribution in [0.2, 0.25) is 0 Å². The van der Waals surface area contributed by atoms with Gasteiger partial charge in [-0.25, -0.2) is 0 Å².